The molecule has 0 spiro atoms. The third-order valence-corrected chi connectivity index (χ3v) is 7.99. The van der Waals surface area contributed by atoms with Crippen molar-refractivity contribution >= 4 is 46.9 Å². The summed E-state index contributed by atoms with van der Waals surface area (Å²) in [7, 11) is 4.65. The van der Waals surface area contributed by atoms with Crippen LogP contribution in [0.25, 0.3) is 6.08 Å². The Labute approximate surface area is 267 Å². The molecule has 1 unspecified atom stereocenters. The zero-order chi connectivity index (χ0) is 32.2. The molecule has 4 aromatic rings. The Morgan fingerprint density at radius 3 is 2.22 bits per heavy atom. The van der Waals surface area contributed by atoms with Crippen LogP contribution in [0.5, 0.6) is 17.2 Å². The van der Waals surface area contributed by atoms with Crippen molar-refractivity contribution in [3.05, 3.63) is 114 Å². The lowest BCUT2D eigenvalue weighted by Gasteiger charge is -2.17. The van der Waals surface area contributed by atoms with Crippen LogP contribution in [0, 0.1) is 0 Å². The van der Waals surface area contributed by atoms with Crippen LogP contribution in [-0.2, 0) is 9.59 Å². The van der Waals surface area contributed by atoms with Gasteiger partial charge in [-0.3, -0.25) is 14.4 Å². The van der Waals surface area contributed by atoms with Gasteiger partial charge in [-0.05, 0) is 72.7 Å². The van der Waals surface area contributed by atoms with E-state index in [-0.39, 0.29) is 11.6 Å². The monoisotopic (exact) mass is 625 g/mol. The van der Waals surface area contributed by atoms with E-state index in [0.29, 0.717) is 46.2 Å². The lowest BCUT2D eigenvalue weighted by atomic mass is 10.1. The summed E-state index contributed by atoms with van der Waals surface area (Å²) in [6.07, 6.45) is 2.14. The van der Waals surface area contributed by atoms with Gasteiger partial charge >= 0.3 is 0 Å². The largest absolute Gasteiger partial charge is 0.497 e. The van der Waals surface area contributed by atoms with Crippen molar-refractivity contribution in [2.45, 2.75) is 23.5 Å². The molecule has 0 fully saturated rings. The minimum atomic E-state index is -0.515. The smallest absolute Gasteiger partial charge is 0.272 e. The average Bonchev–Trinajstić information content (AvgIpc) is 3.07. The van der Waals surface area contributed by atoms with Crippen LogP contribution in [0.1, 0.15) is 29.3 Å². The number of amides is 3. The second kappa shape index (κ2) is 16.0. The topological polar surface area (TPSA) is 115 Å². The van der Waals surface area contributed by atoms with Crippen molar-refractivity contribution in [2.75, 3.05) is 32.0 Å². The molecular weight excluding hydrogens is 590 g/mol. The second-order valence-corrected chi connectivity index (χ2v) is 11.0. The molecule has 0 saturated heterocycles. The maximum absolute atomic E-state index is 13.5. The predicted molar refractivity (Wildman–Crippen MR) is 178 cm³/mol. The Morgan fingerprint density at radius 1 is 0.778 bits per heavy atom. The fourth-order valence-electron chi connectivity index (χ4n) is 4.30. The van der Waals surface area contributed by atoms with E-state index in [9.17, 15) is 14.4 Å². The predicted octanol–water partition coefficient (Wildman–Crippen LogP) is 6.63. The van der Waals surface area contributed by atoms with Gasteiger partial charge in [0.05, 0.1) is 32.3 Å². The quantitative estimate of drug-likeness (QED) is 0.113. The Balaban J connectivity index is 1.52. The van der Waals surface area contributed by atoms with E-state index in [1.54, 1.807) is 105 Å². The van der Waals surface area contributed by atoms with E-state index >= 15 is 0 Å². The number of rotatable bonds is 13. The number of nitrogens with one attached hydrogen (secondary N) is 3. The standard InChI is InChI=1S/C35H35N3O6S/c1-5-32(35(41)37-29-22-27(43-3)17-18-31(29)44-4)45-28-16-10-14-25(21-28)36-34(40)30(20-23-11-9-15-26(19-23)42-2)38-33(39)24-12-7-6-8-13-24/h6-22,32H,5H2,1-4H3,(H,36,40)(H,37,41)(H,38,39)/b30-20-. The summed E-state index contributed by atoms with van der Waals surface area (Å²) in [5.74, 6) is 0.589. The molecule has 0 aliphatic heterocycles. The van der Waals surface area contributed by atoms with Gasteiger partial charge in [0.1, 0.15) is 22.9 Å². The molecule has 0 aliphatic carbocycles. The first-order chi connectivity index (χ1) is 21.8. The average molecular weight is 626 g/mol. The molecule has 0 aliphatic rings. The van der Waals surface area contributed by atoms with E-state index in [1.807, 2.05) is 19.1 Å². The van der Waals surface area contributed by atoms with E-state index < -0.39 is 17.1 Å². The van der Waals surface area contributed by atoms with Crippen LogP contribution in [0.15, 0.2) is 108 Å². The Bertz CT molecular complexity index is 1680. The number of hydrogen-bond acceptors (Lipinski definition) is 7. The number of anilines is 2. The van der Waals surface area contributed by atoms with Gasteiger partial charge in [0, 0.05) is 22.2 Å². The SMILES string of the molecule is CCC(Sc1cccc(NC(=O)/C(=C/c2cccc(OC)c2)NC(=O)c2ccccc2)c1)C(=O)Nc1cc(OC)ccc1OC. The summed E-state index contributed by atoms with van der Waals surface area (Å²) in [5.41, 5.74) is 2.14. The highest BCUT2D eigenvalue weighted by atomic mass is 32.2. The molecule has 3 amide bonds. The van der Waals surface area contributed by atoms with Crippen molar-refractivity contribution in [2.24, 2.45) is 0 Å². The van der Waals surface area contributed by atoms with Crippen molar-refractivity contribution < 1.29 is 28.6 Å². The van der Waals surface area contributed by atoms with Crippen LogP contribution in [0.4, 0.5) is 11.4 Å². The van der Waals surface area contributed by atoms with Crippen LogP contribution in [0.3, 0.4) is 0 Å². The van der Waals surface area contributed by atoms with E-state index in [0.717, 1.165) is 4.90 Å². The molecule has 3 N–H and O–H groups in total. The Hall–Kier alpha value is -5.22. The van der Waals surface area contributed by atoms with Gasteiger partial charge in [-0.15, -0.1) is 11.8 Å². The maximum atomic E-state index is 13.5. The molecule has 45 heavy (non-hydrogen) atoms. The fourth-order valence-corrected chi connectivity index (χ4v) is 5.31. The van der Waals surface area contributed by atoms with Crippen LogP contribution in [-0.4, -0.2) is 44.3 Å². The number of thioether (sulfide) groups is 1. The molecular formula is C35H35N3O6S. The minimum absolute atomic E-state index is 0.0493. The molecule has 1 atom stereocenters. The van der Waals surface area contributed by atoms with Crippen molar-refractivity contribution in [3.63, 3.8) is 0 Å². The third-order valence-electron chi connectivity index (χ3n) is 6.63. The molecule has 0 saturated carbocycles. The van der Waals surface area contributed by atoms with Gasteiger partial charge in [0.2, 0.25) is 5.91 Å². The van der Waals surface area contributed by atoms with Crippen LogP contribution in [0.2, 0.25) is 0 Å². The lowest BCUT2D eigenvalue weighted by Crippen LogP contribution is -2.30. The molecule has 4 aromatic carbocycles. The molecule has 0 aromatic heterocycles. The van der Waals surface area contributed by atoms with E-state index in [2.05, 4.69) is 16.0 Å². The molecule has 10 heteroatoms. The summed E-state index contributed by atoms with van der Waals surface area (Å²) in [5, 5.41) is 8.13. The summed E-state index contributed by atoms with van der Waals surface area (Å²) >= 11 is 1.37. The number of ether oxygens (including phenoxy) is 3. The first-order valence-electron chi connectivity index (χ1n) is 14.2. The highest BCUT2D eigenvalue weighted by Gasteiger charge is 2.21. The summed E-state index contributed by atoms with van der Waals surface area (Å²) in [4.78, 5) is 40.6. The first kappa shape index (κ1) is 32.7. The first-order valence-corrected chi connectivity index (χ1v) is 15.0. The maximum Gasteiger partial charge on any atom is 0.272 e. The molecule has 4 rings (SSSR count). The van der Waals surface area contributed by atoms with Gasteiger partial charge in [-0.1, -0.05) is 43.3 Å². The summed E-state index contributed by atoms with van der Waals surface area (Å²) in [6, 6.07) is 28.2. The van der Waals surface area contributed by atoms with Gasteiger partial charge in [0.15, 0.2) is 0 Å². The summed E-state index contributed by atoms with van der Waals surface area (Å²) in [6.45, 7) is 1.93. The van der Waals surface area contributed by atoms with Crippen molar-refractivity contribution in [1.82, 2.24) is 5.32 Å². The molecule has 232 valence electrons. The van der Waals surface area contributed by atoms with Crippen molar-refractivity contribution in [1.29, 1.82) is 0 Å². The summed E-state index contributed by atoms with van der Waals surface area (Å²) < 4.78 is 16.0. The lowest BCUT2D eigenvalue weighted by molar-refractivity contribution is -0.116. The highest BCUT2D eigenvalue weighted by Crippen LogP contribution is 2.32. The fraction of sp³-hybridized carbons (Fsp3) is 0.171. The Morgan fingerprint density at radius 2 is 1.51 bits per heavy atom. The number of carbonyl (C=O) groups is 3. The van der Waals surface area contributed by atoms with E-state index in [4.69, 9.17) is 14.2 Å². The van der Waals surface area contributed by atoms with Crippen LogP contribution < -0.4 is 30.2 Å². The van der Waals surface area contributed by atoms with Gasteiger partial charge in [0.25, 0.3) is 11.8 Å². The zero-order valence-electron chi connectivity index (χ0n) is 25.5. The van der Waals surface area contributed by atoms with E-state index in [1.165, 1.54) is 18.9 Å². The zero-order valence-corrected chi connectivity index (χ0v) is 26.3. The number of benzene rings is 4. The minimum Gasteiger partial charge on any atom is -0.497 e. The molecule has 0 bridgehead atoms. The highest BCUT2D eigenvalue weighted by molar-refractivity contribution is 8.00. The van der Waals surface area contributed by atoms with Crippen LogP contribution >= 0.6 is 11.8 Å². The number of hydrogen-bond donors (Lipinski definition) is 3. The molecule has 0 radical (unpaired) electrons. The second-order valence-electron chi connectivity index (χ2n) is 9.71. The Kier molecular flexibility index (Phi) is 11.6. The van der Waals surface area contributed by atoms with Gasteiger partial charge in [-0.25, -0.2) is 0 Å². The number of carbonyl (C=O) groups excluding carboxylic acids is 3. The van der Waals surface area contributed by atoms with Crippen molar-refractivity contribution in [3.8, 4) is 17.2 Å². The normalized spacial score (nSPS) is 11.6. The number of methoxy groups -OCH3 is 3. The molecule has 9 nitrogen and oxygen atoms in total. The molecule has 0 heterocycles. The van der Waals surface area contributed by atoms with Gasteiger partial charge in [-0.2, -0.15) is 0 Å². The third kappa shape index (κ3) is 9.14. The van der Waals surface area contributed by atoms with Gasteiger partial charge < -0.3 is 30.2 Å².